The van der Waals surface area contributed by atoms with Crippen molar-refractivity contribution in [2.45, 2.75) is 19.9 Å². The number of rotatable bonds is 8. The molecule has 8 heteroatoms. The number of hydrogen-bond acceptors (Lipinski definition) is 4. The fraction of sp³-hybridized carbons (Fsp3) is 0.261. The number of ether oxygens (including phenoxy) is 1. The van der Waals surface area contributed by atoms with Gasteiger partial charge in [0.1, 0.15) is 0 Å². The third-order valence-electron chi connectivity index (χ3n) is 4.56. The first kappa shape index (κ1) is 21.9. The molecule has 0 unspecified atom stereocenters. The van der Waals surface area contributed by atoms with Gasteiger partial charge >= 0.3 is 6.09 Å². The molecule has 0 aliphatic carbocycles. The van der Waals surface area contributed by atoms with Gasteiger partial charge in [-0.2, -0.15) is 5.10 Å². The van der Waals surface area contributed by atoms with Gasteiger partial charge in [-0.15, -0.1) is 0 Å². The van der Waals surface area contributed by atoms with E-state index in [0.29, 0.717) is 12.2 Å². The number of amides is 1. The Morgan fingerprint density at radius 1 is 1.06 bits per heavy atom. The van der Waals surface area contributed by atoms with Gasteiger partial charge < -0.3 is 15.4 Å². The molecule has 31 heavy (non-hydrogen) atoms. The molecular formula is C23H28N6O2. The Morgan fingerprint density at radius 2 is 1.81 bits per heavy atom. The Balaban J connectivity index is 1.49. The molecule has 3 rings (SSSR count). The van der Waals surface area contributed by atoms with E-state index in [2.05, 4.69) is 55.0 Å². The Kier molecular flexibility index (Phi) is 8.05. The van der Waals surface area contributed by atoms with Crippen LogP contribution >= 0.6 is 0 Å². The van der Waals surface area contributed by atoms with Crippen molar-refractivity contribution in [1.82, 2.24) is 20.4 Å². The zero-order valence-corrected chi connectivity index (χ0v) is 17.8. The minimum atomic E-state index is -0.486. The van der Waals surface area contributed by atoms with Crippen molar-refractivity contribution < 1.29 is 9.53 Å². The first-order valence-corrected chi connectivity index (χ1v) is 10.2. The monoisotopic (exact) mass is 420 g/mol. The molecule has 0 aliphatic rings. The lowest BCUT2D eigenvalue weighted by Gasteiger charge is -2.12. The summed E-state index contributed by atoms with van der Waals surface area (Å²) >= 11 is 0. The Bertz CT molecular complexity index is 966. The van der Waals surface area contributed by atoms with Crippen LogP contribution in [0.15, 0.2) is 72.0 Å². The van der Waals surface area contributed by atoms with Gasteiger partial charge in [-0.05, 0) is 54.8 Å². The van der Waals surface area contributed by atoms with Gasteiger partial charge in [0.05, 0.1) is 19.3 Å². The summed E-state index contributed by atoms with van der Waals surface area (Å²) < 4.78 is 6.43. The van der Waals surface area contributed by atoms with Crippen molar-refractivity contribution in [3.05, 3.63) is 78.1 Å². The maximum Gasteiger partial charge on any atom is 0.411 e. The van der Waals surface area contributed by atoms with Gasteiger partial charge in [0.15, 0.2) is 5.96 Å². The van der Waals surface area contributed by atoms with E-state index in [1.54, 1.807) is 6.20 Å². The maximum absolute atomic E-state index is 11.3. The SMILES string of the molecule is CCNC(=NCc1ccc(NC(=O)OC)cc1)NCCc1ccc(-n2cccn2)cc1. The summed E-state index contributed by atoms with van der Waals surface area (Å²) in [4.78, 5) is 15.9. The maximum atomic E-state index is 11.3. The van der Waals surface area contributed by atoms with E-state index in [0.717, 1.165) is 36.7 Å². The summed E-state index contributed by atoms with van der Waals surface area (Å²) in [5, 5.41) is 13.5. The predicted octanol–water partition coefficient (Wildman–Crippen LogP) is 3.35. The zero-order valence-electron chi connectivity index (χ0n) is 17.8. The molecule has 1 amide bonds. The normalized spacial score (nSPS) is 11.1. The molecule has 0 saturated heterocycles. The second-order valence-corrected chi connectivity index (χ2v) is 6.80. The summed E-state index contributed by atoms with van der Waals surface area (Å²) in [7, 11) is 1.34. The largest absolute Gasteiger partial charge is 0.453 e. The fourth-order valence-electron chi connectivity index (χ4n) is 2.94. The van der Waals surface area contributed by atoms with Crippen molar-refractivity contribution in [2.24, 2.45) is 4.99 Å². The summed E-state index contributed by atoms with van der Waals surface area (Å²) in [5.41, 5.74) is 4.02. The Hall–Kier alpha value is -3.81. The van der Waals surface area contributed by atoms with Gasteiger partial charge in [-0.3, -0.25) is 5.32 Å². The van der Waals surface area contributed by atoms with E-state index in [4.69, 9.17) is 0 Å². The van der Waals surface area contributed by atoms with E-state index in [1.807, 2.05) is 48.1 Å². The zero-order chi connectivity index (χ0) is 21.9. The van der Waals surface area contributed by atoms with E-state index >= 15 is 0 Å². The summed E-state index contributed by atoms with van der Waals surface area (Å²) in [6.45, 7) is 4.13. The molecule has 3 aromatic rings. The quantitative estimate of drug-likeness (QED) is 0.384. The molecular weight excluding hydrogens is 392 g/mol. The molecule has 1 aromatic heterocycles. The molecule has 0 atom stereocenters. The summed E-state index contributed by atoms with van der Waals surface area (Å²) in [6.07, 6.45) is 4.10. The number of nitrogens with zero attached hydrogens (tertiary/aromatic N) is 3. The molecule has 3 N–H and O–H groups in total. The molecule has 2 aromatic carbocycles. The van der Waals surface area contributed by atoms with Crippen LogP contribution in [0.1, 0.15) is 18.1 Å². The number of hydrogen-bond donors (Lipinski definition) is 3. The van der Waals surface area contributed by atoms with Crippen molar-refractivity contribution in [1.29, 1.82) is 0 Å². The van der Waals surface area contributed by atoms with Crippen LogP contribution in [-0.4, -0.2) is 42.0 Å². The third-order valence-corrected chi connectivity index (χ3v) is 4.56. The van der Waals surface area contributed by atoms with Crippen molar-refractivity contribution in [2.75, 3.05) is 25.5 Å². The van der Waals surface area contributed by atoms with Crippen LogP contribution in [0.5, 0.6) is 0 Å². The standard InChI is InChI=1S/C23H28N6O2/c1-3-24-22(26-17-19-5-9-20(10-6-19)28-23(30)31-2)25-15-13-18-7-11-21(12-8-18)29-16-4-14-27-29/h4-12,14,16H,3,13,15,17H2,1-2H3,(H,28,30)(H2,24,25,26). The number of benzene rings is 2. The van der Waals surface area contributed by atoms with Gasteiger partial charge in [-0.1, -0.05) is 24.3 Å². The molecule has 8 nitrogen and oxygen atoms in total. The molecule has 0 radical (unpaired) electrons. The molecule has 1 heterocycles. The second-order valence-electron chi connectivity index (χ2n) is 6.80. The highest BCUT2D eigenvalue weighted by Crippen LogP contribution is 2.11. The van der Waals surface area contributed by atoms with Crippen LogP contribution in [0, 0.1) is 0 Å². The summed E-state index contributed by atoms with van der Waals surface area (Å²) in [6, 6.07) is 17.8. The van der Waals surface area contributed by atoms with Gasteiger partial charge in [0.25, 0.3) is 0 Å². The number of guanidine groups is 1. The number of carbonyl (C=O) groups is 1. The van der Waals surface area contributed by atoms with Crippen LogP contribution < -0.4 is 16.0 Å². The van der Waals surface area contributed by atoms with Crippen LogP contribution in [0.25, 0.3) is 5.69 Å². The van der Waals surface area contributed by atoms with Gasteiger partial charge in [-0.25, -0.2) is 14.5 Å². The Morgan fingerprint density at radius 3 is 2.45 bits per heavy atom. The van der Waals surface area contributed by atoms with E-state index in [9.17, 15) is 4.79 Å². The fourth-order valence-corrected chi connectivity index (χ4v) is 2.94. The van der Waals surface area contributed by atoms with Crippen molar-refractivity contribution in [3.8, 4) is 5.69 Å². The highest BCUT2D eigenvalue weighted by molar-refractivity contribution is 5.84. The van der Waals surface area contributed by atoms with Crippen LogP contribution in [-0.2, 0) is 17.7 Å². The average molecular weight is 421 g/mol. The van der Waals surface area contributed by atoms with Crippen molar-refractivity contribution >= 4 is 17.7 Å². The minimum absolute atomic E-state index is 0.486. The smallest absolute Gasteiger partial charge is 0.411 e. The van der Waals surface area contributed by atoms with E-state index in [1.165, 1.54) is 12.7 Å². The molecule has 162 valence electrons. The van der Waals surface area contributed by atoms with Crippen LogP contribution in [0.2, 0.25) is 0 Å². The molecule has 0 spiro atoms. The topological polar surface area (TPSA) is 92.6 Å². The summed E-state index contributed by atoms with van der Waals surface area (Å²) in [5.74, 6) is 0.771. The van der Waals surface area contributed by atoms with Gasteiger partial charge in [0, 0.05) is 31.2 Å². The van der Waals surface area contributed by atoms with Crippen LogP contribution in [0.4, 0.5) is 10.5 Å². The predicted molar refractivity (Wildman–Crippen MR) is 123 cm³/mol. The van der Waals surface area contributed by atoms with Crippen molar-refractivity contribution in [3.63, 3.8) is 0 Å². The molecule has 0 aliphatic heterocycles. The highest BCUT2D eigenvalue weighted by Gasteiger charge is 2.02. The molecule has 0 bridgehead atoms. The highest BCUT2D eigenvalue weighted by atomic mass is 16.5. The first-order valence-electron chi connectivity index (χ1n) is 10.2. The lowest BCUT2D eigenvalue weighted by molar-refractivity contribution is 0.187. The number of aliphatic imine (C=N–C) groups is 1. The number of carbonyl (C=O) groups excluding carboxylic acids is 1. The number of anilines is 1. The number of aromatic nitrogens is 2. The van der Waals surface area contributed by atoms with Crippen LogP contribution in [0.3, 0.4) is 0 Å². The minimum Gasteiger partial charge on any atom is -0.453 e. The average Bonchev–Trinajstić information content (AvgIpc) is 3.34. The van der Waals surface area contributed by atoms with Gasteiger partial charge in [0.2, 0.25) is 0 Å². The molecule has 0 saturated carbocycles. The number of nitrogens with one attached hydrogen (secondary N) is 3. The first-order chi connectivity index (χ1) is 15.2. The molecule has 0 fully saturated rings. The van der Waals surface area contributed by atoms with E-state index < -0.39 is 6.09 Å². The second kappa shape index (κ2) is 11.4. The lowest BCUT2D eigenvalue weighted by atomic mass is 10.1. The Labute approximate surface area is 182 Å². The third kappa shape index (κ3) is 6.88. The lowest BCUT2D eigenvalue weighted by Crippen LogP contribution is -2.38. The number of methoxy groups -OCH3 is 1. The van der Waals surface area contributed by atoms with E-state index in [-0.39, 0.29) is 0 Å².